The van der Waals surface area contributed by atoms with Crippen LogP contribution in [0.3, 0.4) is 0 Å². The molecule has 0 saturated carbocycles. The highest BCUT2D eigenvalue weighted by atomic mass is 19.4. The van der Waals surface area contributed by atoms with E-state index in [9.17, 15) is 13.2 Å². The smallest absolute Gasteiger partial charge is 0.396 e. The maximum atomic E-state index is 12.6. The van der Waals surface area contributed by atoms with Crippen LogP contribution < -0.4 is 5.32 Å². The van der Waals surface area contributed by atoms with Crippen molar-refractivity contribution in [3.05, 3.63) is 78.4 Å². The Kier molecular flexibility index (Phi) is 8.04. The molecule has 32 heavy (non-hydrogen) atoms. The number of azo groups is 2. The summed E-state index contributed by atoms with van der Waals surface area (Å²) in [6, 6.07) is 18.8. The quantitative estimate of drug-likeness (QED) is 0.263. The number of alkyl halides is 3. The Morgan fingerprint density at radius 2 is 1.03 bits per heavy atom. The van der Waals surface area contributed by atoms with Crippen LogP contribution in [0.4, 0.5) is 41.6 Å². The molecule has 3 rings (SSSR count). The molecule has 0 aliphatic rings. The number of halogens is 3. The number of nitrogens with one attached hydrogen (secondary N) is 1. The van der Waals surface area contributed by atoms with Crippen molar-refractivity contribution in [2.24, 2.45) is 20.5 Å². The van der Waals surface area contributed by atoms with Crippen LogP contribution in [0.2, 0.25) is 0 Å². The standard InChI is InChI=1S/C23H22F3N5O/c24-23(25,26)17-3-5-19(6-4-17)28-30-21-11-13-22(14-12-21)31-29-20-9-7-18(8-10-20)27-15-1-2-16-32/h3-14,27,32H,1-2,15-16H2. The first kappa shape index (κ1) is 23.1. The van der Waals surface area contributed by atoms with Gasteiger partial charge < -0.3 is 10.4 Å². The molecule has 3 aromatic carbocycles. The number of anilines is 1. The maximum absolute atomic E-state index is 12.6. The molecule has 0 amide bonds. The lowest BCUT2D eigenvalue weighted by molar-refractivity contribution is -0.137. The topological polar surface area (TPSA) is 81.7 Å². The summed E-state index contributed by atoms with van der Waals surface area (Å²) in [5.41, 5.74) is 2.45. The number of benzene rings is 3. The molecule has 2 N–H and O–H groups in total. The minimum Gasteiger partial charge on any atom is -0.396 e. The third kappa shape index (κ3) is 7.28. The molecule has 0 fully saturated rings. The molecule has 0 aliphatic carbocycles. The number of nitrogens with zero attached hydrogens (tertiary/aromatic N) is 4. The fourth-order valence-electron chi connectivity index (χ4n) is 2.65. The molecule has 0 aliphatic heterocycles. The van der Waals surface area contributed by atoms with E-state index >= 15 is 0 Å². The zero-order valence-corrected chi connectivity index (χ0v) is 17.1. The van der Waals surface area contributed by atoms with Crippen molar-refractivity contribution < 1.29 is 18.3 Å². The van der Waals surface area contributed by atoms with Crippen molar-refractivity contribution >= 4 is 28.4 Å². The Morgan fingerprint density at radius 3 is 1.44 bits per heavy atom. The number of hydrogen-bond donors (Lipinski definition) is 2. The Morgan fingerprint density at radius 1 is 0.625 bits per heavy atom. The lowest BCUT2D eigenvalue weighted by atomic mass is 10.2. The highest BCUT2D eigenvalue weighted by Gasteiger charge is 2.29. The van der Waals surface area contributed by atoms with Gasteiger partial charge in [-0.3, -0.25) is 0 Å². The van der Waals surface area contributed by atoms with E-state index < -0.39 is 11.7 Å². The third-order valence-corrected chi connectivity index (χ3v) is 4.39. The molecule has 0 saturated heterocycles. The summed E-state index contributed by atoms with van der Waals surface area (Å²) in [6.07, 6.45) is -2.70. The van der Waals surface area contributed by atoms with Crippen LogP contribution in [-0.4, -0.2) is 18.3 Å². The molecule has 9 heteroatoms. The van der Waals surface area contributed by atoms with Crippen LogP contribution in [0, 0.1) is 0 Å². The number of rotatable bonds is 9. The predicted molar refractivity (Wildman–Crippen MR) is 117 cm³/mol. The molecule has 166 valence electrons. The zero-order valence-electron chi connectivity index (χ0n) is 17.1. The van der Waals surface area contributed by atoms with Crippen molar-refractivity contribution in [2.75, 3.05) is 18.5 Å². The van der Waals surface area contributed by atoms with Gasteiger partial charge in [-0.1, -0.05) is 0 Å². The molecule has 0 aromatic heterocycles. The summed E-state index contributed by atoms with van der Waals surface area (Å²) in [4.78, 5) is 0. The molecule has 0 heterocycles. The van der Waals surface area contributed by atoms with Crippen LogP contribution >= 0.6 is 0 Å². The van der Waals surface area contributed by atoms with Crippen LogP contribution in [0.1, 0.15) is 18.4 Å². The van der Waals surface area contributed by atoms with Crippen molar-refractivity contribution in [3.8, 4) is 0 Å². The molecule has 0 atom stereocenters. The first-order valence-electron chi connectivity index (χ1n) is 10.00. The molecule has 0 unspecified atom stereocenters. The van der Waals surface area contributed by atoms with Crippen LogP contribution in [0.5, 0.6) is 0 Å². The molecule has 3 aromatic rings. The van der Waals surface area contributed by atoms with Crippen LogP contribution in [0.25, 0.3) is 0 Å². The van der Waals surface area contributed by atoms with Gasteiger partial charge in [0.05, 0.1) is 28.3 Å². The van der Waals surface area contributed by atoms with Crippen LogP contribution in [0.15, 0.2) is 93.3 Å². The Bertz CT molecular complexity index is 1030. The van der Waals surface area contributed by atoms with Gasteiger partial charge in [-0.05, 0) is 85.6 Å². The van der Waals surface area contributed by atoms with Gasteiger partial charge in [-0.25, -0.2) is 0 Å². The maximum Gasteiger partial charge on any atom is 0.416 e. The fraction of sp³-hybridized carbons (Fsp3) is 0.217. The molecular weight excluding hydrogens is 419 g/mol. The fourth-order valence-corrected chi connectivity index (χ4v) is 2.65. The lowest BCUT2D eigenvalue weighted by Crippen LogP contribution is -2.03. The number of hydrogen-bond acceptors (Lipinski definition) is 6. The van der Waals surface area contributed by atoms with Gasteiger partial charge in [0.25, 0.3) is 0 Å². The van der Waals surface area contributed by atoms with Gasteiger partial charge >= 0.3 is 6.18 Å². The molecule has 0 spiro atoms. The second-order valence-corrected chi connectivity index (χ2v) is 6.87. The summed E-state index contributed by atoms with van der Waals surface area (Å²) in [6.45, 7) is 0.994. The SMILES string of the molecule is OCCCCNc1ccc(N=Nc2ccc(N=Nc3ccc(C(F)(F)F)cc3)cc2)cc1. The minimum atomic E-state index is -4.38. The second-order valence-electron chi connectivity index (χ2n) is 6.87. The van der Waals surface area contributed by atoms with E-state index in [2.05, 4.69) is 25.8 Å². The average molecular weight is 441 g/mol. The highest BCUT2D eigenvalue weighted by Crippen LogP contribution is 2.31. The van der Waals surface area contributed by atoms with Crippen molar-refractivity contribution in [1.29, 1.82) is 0 Å². The number of aliphatic hydroxyl groups is 1. The van der Waals surface area contributed by atoms with E-state index in [0.29, 0.717) is 22.7 Å². The van der Waals surface area contributed by atoms with E-state index in [-0.39, 0.29) is 6.61 Å². The zero-order chi connectivity index (χ0) is 22.8. The molecule has 6 nitrogen and oxygen atoms in total. The van der Waals surface area contributed by atoms with E-state index in [1.165, 1.54) is 12.1 Å². The average Bonchev–Trinajstić information content (AvgIpc) is 2.80. The first-order chi connectivity index (χ1) is 15.4. The summed E-state index contributed by atoms with van der Waals surface area (Å²) < 4.78 is 37.8. The first-order valence-corrected chi connectivity index (χ1v) is 10.00. The monoisotopic (exact) mass is 441 g/mol. The second kappa shape index (κ2) is 11.1. The van der Waals surface area contributed by atoms with E-state index in [4.69, 9.17) is 5.11 Å². The number of aliphatic hydroxyl groups excluding tert-OH is 1. The van der Waals surface area contributed by atoms with Gasteiger partial charge in [0.2, 0.25) is 0 Å². The van der Waals surface area contributed by atoms with Crippen molar-refractivity contribution in [3.63, 3.8) is 0 Å². The largest absolute Gasteiger partial charge is 0.416 e. The molecule has 0 radical (unpaired) electrons. The Hall–Kier alpha value is -3.59. The van der Waals surface area contributed by atoms with Crippen molar-refractivity contribution in [1.82, 2.24) is 0 Å². The van der Waals surface area contributed by atoms with E-state index in [1.54, 1.807) is 24.3 Å². The third-order valence-electron chi connectivity index (χ3n) is 4.39. The highest BCUT2D eigenvalue weighted by molar-refractivity contribution is 5.52. The summed E-state index contributed by atoms with van der Waals surface area (Å²) >= 11 is 0. The van der Waals surface area contributed by atoms with Gasteiger partial charge in [0.1, 0.15) is 0 Å². The van der Waals surface area contributed by atoms with E-state index in [1.807, 2.05) is 24.3 Å². The number of unbranched alkanes of at least 4 members (excludes halogenated alkanes) is 1. The van der Waals surface area contributed by atoms with Crippen molar-refractivity contribution in [2.45, 2.75) is 19.0 Å². The summed E-state index contributed by atoms with van der Waals surface area (Å²) in [5, 5.41) is 28.4. The van der Waals surface area contributed by atoms with Gasteiger partial charge in [-0.2, -0.15) is 33.6 Å². The van der Waals surface area contributed by atoms with E-state index in [0.717, 1.165) is 37.2 Å². The summed E-state index contributed by atoms with van der Waals surface area (Å²) in [5.74, 6) is 0. The lowest BCUT2D eigenvalue weighted by Gasteiger charge is -2.05. The summed E-state index contributed by atoms with van der Waals surface area (Å²) in [7, 11) is 0. The molecular formula is C23H22F3N5O. The Labute approximate surface area is 183 Å². The predicted octanol–water partition coefficient (Wildman–Crippen LogP) is 7.72. The minimum absolute atomic E-state index is 0.198. The van der Waals surface area contributed by atoms with Gasteiger partial charge in [0.15, 0.2) is 0 Å². The Balaban J connectivity index is 1.54. The van der Waals surface area contributed by atoms with Crippen LogP contribution in [-0.2, 0) is 6.18 Å². The molecule has 0 bridgehead atoms. The van der Waals surface area contributed by atoms with Gasteiger partial charge in [-0.15, -0.1) is 0 Å². The normalized spacial score (nSPS) is 12.0. The van der Waals surface area contributed by atoms with Gasteiger partial charge in [0, 0.05) is 18.8 Å².